The van der Waals surface area contributed by atoms with E-state index in [4.69, 9.17) is 0 Å². The normalized spacial score (nSPS) is 11.1. The summed E-state index contributed by atoms with van der Waals surface area (Å²) in [5.41, 5.74) is 0. The zero-order valence-electron chi connectivity index (χ0n) is 16.9. The minimum Gasteiger partial charge on any atom is -0.354 e. The van der Waals surface area contributed by atoms with Gasteiger partial charge in [0, 0.05) is 37.6 Å². The van der Waals surface area contributed by atoms with Crippen LogP contribution in [0, 0.1) is 5.92 Å². The number of ketones is 2. The largest absolute Gasteiger partial charge is 0.354 e. The van der Waals surface area contributed by atoms with Gasteiger partial charge < -0.3 is 5.32 Å². The topological polar surface area (TPSA) is 63.2 Å². The Bertz CT molecular complexity index is 389. The van der Waals surface area contributed by atoms with Gasteiger partial charge >= 0.3 is 0 Å². The number of amides is 1. The van der Waals surface area contributed by atoms with Crippen molar-refractivity contribution in [3.63, 3.8) is 0 Å². The van der Waals surface area contributed by atoms with Crippen molar-refractivity contribution in [1.29, 1.82) is 0 Å². The molecule has 1 amide bonds. The summed E-state index contributed by atoms with van der Waals surface area (Å²) in [6.45, 7) is 7.77. The Hall–Kier alpha value is -1.19. The Morgan fingerprint density at radius 2 is 1.12 bits per heavy atom. The molecule has 4 nitrogen and oxygen atoms in total. The van der Waals surface area contributed by atoms with Gasteiger partial charge in [0.2, 0.25) is 5.91 Å². The minimum absolute atomic E-state index is 0.0292. The zero-order valence-corrected chi connectivity index (χ0v) is 16.9. The highest BCUT2D eigenvalue weighted by Crippen LogP contribution is 2.12. The Kier molecular flexibility index (Phi) is 14.4. The number of carbonyl (C=O) groups is 3. The number of nitrogens with one attached hydrogen (secondary N) is 1. The SMILES string of the molecule is CC(C)NC(=O)CCC(=O)CCCCCCCCCCC(=O)C(C)C. The summed E-state index contributed by atoms with van der Waals surface area (Å²) in [4.78, 5) is 34.7. The number of hydrogen-bond acceptors (Lipinski definition) is 3. The number of unbranched alkanes of at least 4 members (excludes halogenated alkanes) is 7. The minimum atomic E-state index is -0.0292. The van der Waals surface area contributed by atoms with Crippen molar-refractivity contribution in [1.82, 2.24) is 5.32 Å². The van der Waals surface area contributed by atoms with E-state index in [1.165, 1.54) is 25.7 Å². The second kappa shape index (κ2) is 15.1. The molecule has 4 heteroatoms. The molecule has 0 spiro atoms. The lowest BCUT2D eigenvalue weighted by atomic mass is 10.0. The lowest BCUT2D eigenvalue weighted by Crippen LogP contribution is -2.30. The van der Waals surface area contributed by atoms with Crippen LogP contribution in [0.3, 0.4) is 0 Å². The summed E-state index contributed by atoms with van der Waals surface area (Å²) in [6.07, 6.45) is 11.0. The summed E-state index contributed by atoms with van der Waals surface area (Å²) in [5, 5.41) is 2.80. The van der Waals surface area contributed by atoms with Gasteiger partial charge in [-0.05, 0) is 26.7 Å². The average Bonchev–Trinajstić information content (AvgIpc) is 2.53. The van der Waals surface area contributed by atoms with Crippen LogP contribution in [0.2, 0.25) is 0 Å². The van der Waals surface area contributed by atoms with Crippen molar-refractivity contribution in [3.8, 4) is 0 Å². The average molecular weight is 354 g/mol. The molecule has 0 radical (unpaired) electrons. The van der Waals surface area contributed by atoms with Crippen molar-refractivity contribution in [3.05, 3.63) is 0 Å². The van der Waals surface area contributed by atoms with E-state index in [2.05, 4.69) is 5.32 Å². The molecule has 0 rings (SSSR count). The molecule has 0 saturated carbocycles. The van der Waals surface area contributed by atoms with Crippen LogP contribution in [0.25, 0.3) is 0 Å². The summed E-state index contributed by atoms with van der Waals surface area (Å²) >= 11 is 0. The van der Waals surface area contributed by atoms with Crippen molar-refractivity contribution in [2.75, 3.05) is 0 Å². The Morgan fingerprint density at radius 3 is 1.60 bits per heavy atom. The smallest absolute Gasteiger partial charge is 0.220 e. The fourth-order valence-electron chi connectivity index (χ4n) is 2.74. The van der Waals surface area contributed by atoms with Gasteiger partial charge in [0.1, 0.15) is 11.6 Å². The Labute approximate surface area is 154 Å². The fraction of sp³-hybridized carbons (Fsp3) is 0.857. The molecule has 0 aliphatic rings. The monoisotopic (exact) mass is 353 g/mol. The van der Waals surface area contributed by atoms with E-state index in [1.54, 1.807) is 0 Å². The van der Waals surface area contributed by atoms with E-state index in [9.17, 15) is 14.4 Å². The molecule has 0 saturated heterocycles. The predicted molar refractivity (Wildman–Crippen MR) is 104 cm³/mol. The fourth-order valence-corrected chi connectivity index (χ4v) is 2.74. The second-order valence-corrected chi connectivity index (χ2v) is 7.71. The molecule has 0 atom stereocenters. The highest BCUT2D eigenvalue weighted by atomic mass is 16.2. The second-order valence-electron chi connectivity index (χ2n) is 7.71. The molecule has 0 aliphatic carbocycles. The molecular formula is C21H39NO3. The summed E-state index contributed by atoms with van der Waals surface area (Å²) in [5.74, 6) is 0.728. The van der Waals surface area contributed by atoms with E-state index in [-0.39, 0.29) is 23.7 Å². The first-order valence-corrected chi connectivity index (χ1v) is 10.2. The highest BCUT2D eigenvalue weighted by Gasteiger charge is 2.08. The molecular weight excluding hydrogens is 314 g/mol. The highest BCUT2D eigenvalue weighted by molar-refractivity contribution is 5.85. The summed E-state index contributed by atoms with van der Waals surface area (Å²) in [6, 6.07) is 0.137. The molecule has 0 aromatic heterocycles. The van der Waals surface area contributed by atoms with E-state index in [0.29, 0.717) is 25.0 Å². The van der Waals surface area contributed by atoms with Gasteiger partial charge in [-0.2, -0.15) is 0 Å². The van der Waals surface area contributed by atoms with Crippen molar-refractivity contribution in [2.45, 2.75) is 111 Å². The van der Waals surface area contributed by atoms with Crippen LogP contribution in [-0.4, -0.2) is 23.5 Å². The summed E-state index contributed by atoms with van der Waals surface area (Å²) in [7, 11) is 0. The zero-order chi connectivity index (χ0) is 19.1. The van der Waals surface area contributed by atoms with Gasteiger partial charge in [-0.15, -0.1) is 0 Å². The molecule has 1 N–H and O–H groups in total. The molecule has 0 bridgehead atoms. The maximum Gasteiger partial charge on any atom is 0.220 e. The van der Waals surface area contributed by atoms with E-state index in [1.807, 2.05) is 27.7 Å². The van der Waals surface area contributed by atoms with Gasteiger partial charge in [-0.25, -0.2) is 0 Å². The van der Waals surface area contributed by atoms with Gasteiger partial charge in [0.15, 0.2) is 0 Å². The number of Topliss-reactive ketones (excluding diaryl/α,β-unsaturated/α-hetero) is 2. The number of rotatable bonds is 16. The Morgan fingerprint density at radius 1 is 0.640 bits per heavy atom. The van der Waals surface area contributed by atoms with Crippen molar-refractivity contribution < 1.29 is 14.4 Å². The number of hydrogen-bond donors (Lipinski definition) is 1. The van der Waals surface area contributed by atoms with Crippen molar-refractivity contribution in [2.24, 2.45) is 5.92 Å². The predicted octanol–water partition coefficient (Wildman–Crippen LogP) is 4.99. The third kappa shape index (κ3) is 16.0. The van der Waals surface area contributed by atoms with Gasteiger partial charge in [0.25, 0.3) is 0 Å². The van der Waals surface area contributed by atoms with Crippen LogP contribution >= 0.6 is 0 Å². The third-order valence-corrected chi connectivity index (χ3v) is 4.35. The lowest BCUT2D eigenvalue weighted by Gasteiger charge is -2.07. The van der Waals surface area contributed by atoms with Gasteiger partial charge in [-0.3, -0.25) is 14.4 Å². The van der Waals surface area contributed by atoms with Crippen LogP contribution < -0.4 is 5.32 Å². The van der Waals surface area contributed by atoms with Gasteiger partial charge in [-0.1, -0.05) is 52.4 Å². The maximum absolute atomic E-state index is 11.7. The molecule has 0 aromatic carbocycles. The van der Waals surface area contributed by atoms with Crippen LogP contribution in [0.5, 0.6) is 0 Å². The summed E-state index contributed by atoms with van der Waals surface area (Å²) < 4.78 is 0. The van der Waals surface area contributed by atoms with Gasteiger partial charge in [0.05, 0.1) is 0 Å². The quantitative estimate of drug-likeness (QED) is 0.398. The molecule has 0 heterocycles. The number of carbonyl (C=O) groups excluding carboxylic acids is 3. The molecule has 25 heavy (non-hydrogen) atoms. The molecule has 0 fully saturated rings. The van der Waals surface area contributed by atoms with E-state index >= 15 is 0 Å². The maximum atomic E-state index is 11.7. The van der Waals surface area contributed by atoms with Crippen LogP contribution in [-0.2, 0) is 14.4 Å². The lowest BCUT2D eigenvalue weighted by molar-refractivity contribution is -0.125. The Balaban J connectivity index is 3.36. The molecule has 146 valence electrons. The first kappa shape index (κ1) is 23.8. The van der Waals surface area contributed by atoms with Crippen LogP contribution in [0.1, 0.15) is 105 Å². The van der Waals surface area contributed by atoms with E-state index in [0.717, 1.165) is 32.1 Å². The van der Waals surface area contributed by atoms with Crippen molar-refractivity contribution >= 4 is 17.5 Å². The van der Waals surface area contributed by atoms with Crippen LogP contribution in [0.15, 0.2) is 0 Å². The van der Waals surface area contributed by atoms with Crippen LogP contribution in [0.4, 0.5) is 0 Å². The molecule has 0 unspecified atom stereocenters. The molecule has 0 aliphatic heterocycles. The standard InChI is InChI=1S/C21H39NO3/c1-17(2)20(24)14-12-10-8-6-5-7-9-11-13-19(23)15-16-21(25)22-18(3)4/h17-18H,5-16H2,1-4H3,(H,22,25). The molecule has 0 aromatic rings. The third-order valence-electron chi connectivity index (χ3n) is 4.35. The first-order valence-electron chi connectivity index (χ1n) is 10.2. The van der Waals surface area contributed by atoms with E-state index < -0.39 is 0 Å². The first-order chi connectivity index (χ1) is 11.8.